The molecule has 1 heterocycles. The van der Waals surface area contributed by atoms with Gasteiger partial charge in [-0.25, -0.2) is 0 Å². The van der Waals surface area contributed by atoms with Crippen molar-refractivity contribution in [1.29, 1.82) is 0 Å². The maximum absolute atomic E-state index is 5.20. The van der Waals surface area contributed by atoms with E-state index in [9.17, 15) is 0 Å². The van der Waals surface area contributed by atoms with Gasteiger partial charge in [-0.3, -0.25) is 0 Å². The zero-order chi connectivity index (χ0) is 9.80. The summed E-state index contributed by atoms with van der Waals surface area (Å²) in [5.41, 5.74) is 0. The van der Waals surface area contributed by atoms with Crippen LogP contribution in [0.25, 0.3) is 0 Å². The van der Waals surface area contributed by atoms with Crippen LogP contribution in [0.2, 0.25) is 0 Å². The van der Waals surface area contributed by atoms with Gasteiger partial charge in [0, 0.05) is 18.9 Å². The smallest absolute Gasteiger partial charge is 0.177 e. The van der Waals surface area contributed by atoms with Crippen molar-refractivity contribution in [3.8, 4) is 0 Å². The third-order valence-electron chi connectivity index (χ3n) is 3.15. The van der Waals surface area contributed by atoms with Gasteiger partial charge in [0.05, 0.1) is 0 Å². The Bertz CT molecular complexity index is 318. The Morgan fingerprint density at radius 3 is 2.57 bits per heavy atom. The van der Waals surface area contributed by atoms with Crippen LogP contribution in [0.5, 0.6) is 0 Å². The molecule has 0 radical (unpaired) electrons. The molecule has 0 aliphatic heterocycles. The summed E-state index contributed by atoms with van der Waals surface area (Å²) in [5, 5.41) is 0. The molecule has 1 aromatic rings. The Balaban J connectivity index is 1.96. The molecule has 1 N–H and O–H groups in total. The number of imidazole rings is 1. The first kappa shape index (κ1) is 9.97. The van der Waals surface area contributed by atoms with Crippen LogP contribution in [0.3, 0.4) is 0 Å². The Labute approximate surface area is 90.3 Å². The van der Waals surface area contributed by atoms with E-state index in [0.29, 0.717) is 0 Å². The van der Waals surface area contributed by atoms with E-state index in [0.717, 1.165) is 17.2 Å². The third-order valence-corrected chi connectivity index (χ3v) is 3.50. The molecule has 0 saturated heterocycles. The van der Waals surface area contributed by atoms with E-state index in [2.05, 4.69) is 15.7 Å². The van der Waals surface area contributed by atoms with Gasteiger partial charge >= 0.3 is 0 Å². The van der Waals surface area contributed by atoms with Gasteiger partial charge < -0.3 is 9.55 Å². The quantitative estimate of drug-likeness (QED) is 0.585. The van der Waals surface area contributed by atoms with E-state index >= 15 is 0 Å². The van der Waals surface area contributed by atoms with Crippen LogP contribution in [0.4, 0.5) is 0 Å². The van der Waals surface area contributed by atoms with Crippen LogP contribution < -0.4 is 0 Å². The predicted octanol–water partition coefficient (Wildman–Crippen LogP) is 3.52. The van der Waals surface area contributed by atoms with E-state index in [-0.39, 0.29) is 0 Å². The van der Waals surface area contributed by atoms with E-state index in [4.69, 9.17) is 12.2 Å². The van der Waals surface area contributed by atoms with Crippen molar-refractivity contribution in [2.75, 3.05) is 0 Å². The highest BCUT2D eigenvalue weighted by molar-refractivity contribution is 7.71. The van der Waals surface area contributed by atoms with E-state index in [1.54, 1.807) is 0 Å². The number of nitrogens with zero attached hydrogens (tertiary/aromatic N) is 1. The average molecular weight is 210 g/mol. The maximum atomic E-state index is 5.20. The topological polar surface area (TPSA) is 20.7 Å². The summed E-state index contributed by atoms with van der Waals surface area (Å²) in [7, 11) is 0. The van der Waals surface area contributed by atoms with Crippen molar-refractivity contribution in [2.24, 2.45) is 5.92 Å². The molecule has 2 rings (SSSR count). The second-order valence-electron chi connectivity index (χ2n) is 4.28. The molecule has 0 unspecified atom stereocenters. The second-order valence-corrected chi connectivity index (χ2v) is 4.66. The van der Waals surface area contributed by atoms with E-state index in [1.165, 1.54) is 38.5 Å². The fourth-order valence-corrected chi connectivity index (χ4v) is 2.52. The SMILES string of the molecule is S=c1[nH]ccn1CC1CCCCCC1. The van der Waals surface area contributed by atoms with Gasteiger partial charge in [0.2, 0.25) is 0 Å². The lowest BCUT2D eigenvalue weighted by atomic mass is 10.0. The van der Waals surface area contributed by atoms with Gasteiger partial charge in [0.25, 0.3) is 0 Å². The maximum Gasteiger partial charge on any atom is 0.177 e. The summed E-state index contributed by atoms with van der Waals surface area (Å²) < 4.78 is 3.04. The molecule has 1 aliphatic rings. The Hall–Kier alpha value is -0.570. The first-order valence-corrected chi connectivity index (χ1v) is 6.01. The Morgan fingerprint density at radius 1 is 1.29 bits per heavy atom. The number of rotatable bonds is 2. The minimum absolute atomic E-state index is 0.847. The molecule has 0 aromatic carbocycles. The minimum atomic E-state index is 0.847. The van der Waals surface area contributed by atoms with E-state index in [1.807, 2.05) is 6.20 Å². The Kier molecular flexibility index (Phi) is 3.40. The number of H-pyrrole nitrogens is 1. The van der Waals surface area contributed by atoms with Crippen LogP contribution >= 0.6 is 12.2 Å². The number of nitrogens with one attached hydrogen (secondary N) is 1. The molecule has 1 saturated carbocycles. The molecule has 3 heteroatoms. The molecule has 1 aromatic heterocycles. The number of hydrogen-bond acceptors (Lipinski definition) is 1. The standard InChI is InChI=1S/C11H18N2S/c14-11-12-7-8-13(11)9-10-5-3-1-2-4-6-10/h7-8,10H,1-6,9H2,(H,12,14). The summed E-state index contributed by atoms with van der Waals surface area (Å²) >= 11 is 5.20. The highest BCUT2D eigenvalue weighted by atomic mass is 32.1. The molecule has 0 bridgehead atoms. The zero-order valence-electron chi connectivity index (χ0n) is 8.54. The molecule has 14 heavy (non-hydrogen) atoms. The average Bonchev–Trinajstić information content (AvgIpc) is 2.44. The van der Waals surface area contributed by atoms with Crippen LogP contribution in [0, 0.1) is 10.7 Å². The first-order valence-electron chi connectivity index (χ1n) is 5.60. The summed E-state index contributed by atoms with van der Waals surface area (Å²) in [5.74, 6) is 0.847. The molecule has 0 amide bonds. The molecule has 0 spiro atoms. The van der Waals surface area contributed by atoms with Crippen LogP contribution in [-0.2, 0) is 6.54 Å². The van der Waals surface area contributed by atoms with Gasteiger partial charge in [-0.15, -0.1) is 0 Å². The van der Waals surface area contributed by atoms with Crippen molar-refractivity contribution in [2.45, 2.75) is 45.1 Å². The number of aromatic nitrogens is 2. The van der Waals surface area contributed by atoms with Crippen molar-refractivity contribution in [3.05, 3.63) is 17.2 Å². The molecule has 0 atom stereocenters. The fourth-order valence-electron chi connectivity index (χ4n) is 2.32. The van der Waals surface area contributed by atoms with Gasteiger partial charge in [-0.1, -0.05) is 25.7 Å². The van der Waals surface area contributed by atoms with Crippen molar-refractivity contribution in [1.82, 2.24) is 9.55 Å². The van der Waals surface area contributed by atoms with Crippen LogP contribution in [0.1, 0.15) is 38.5 Å². The number of aromatic amines is 1. The van der Waals surface area contributed by atoms with Gasteiger partial charge in [-0.2, -0.15) is 0 Å². The van der Waals surface area contributed by atoms with Crippen LogP contribution in [0.15, 0.2) is 12.4 Å². The highest BCUT2D eigenvalue weighted by Gasteiger charge is 2.12. The lowest BCUT2D eigenvalue weighted by molar-refractivity contribution is 0.393. The zero-order valence-corrected chi connectivity index (χ0v) is 9.35. The molecule has 2 nitrogen and oxygen atoms in total. The minimum Gasteiger partial charge on any atom is -0.337 e. The summed E-state index contributed by atoms with van der Waals surface area (Å²) in [6.45, 7) is 1.11. The third kappa shape index (κ3) is 2.47. The van der Waals surface area contributed by atoms with Crippen LogP contribution in [-0.4, -0.2) is 9.55 Å². The lowest BCUT2D eigenvalue weighted by Crippen LogP contribution is -2.09. The van der Waals surface area contributed by atoms with Crippen molar-refractivity contribution in [3.63, 3.8) is 0 Å². The van der Waals surface area contributed by atoms with E-state index < -0.39 is 0 Å². The normalized spacial score (nSPS) is 19.4. The summed E-state index contributed by atoms with van der Waals surface area (Å²) in [4.78, 5) is 3.05. The molecule has 78 valence electrons. The van der Waals surface area contributed by atoms with Gasteiger partial charge in [0.15, 0.2) is 4.77 Å². The predicted molar refractivity (Wildman–Crippen MR) is 60.8 cm³/mol. The molecule has 1 aliphatic carbocycles. The molecular weight excluding hydrogens is 192 g/mol. The number of hydrogen-bond donors (Lipinski definition) is 1. The highest BCUT2D eigenvalue weighted by Crippen LogP contribution is 2.24. The van der Waals surface area contributed by atoms with Gasteiger partial charge in [0.1, 0.15) is 0 Å². The second kappa shape index (κ2) is 4.78. The lowest BCUT2D eigenvalue weighted by Gasteiger charge is -2.14. The largest absolute Gasteiger partial charge is 0.337 e. The van der Waals surface area contributed by atoms with Crippen molar-refractivity contribution >= 4 is 12.2 Å². The summed E-state index contributed by atoms with van der Waals surface area (Å²) in [6, 6.07) is 0. The first-order chi connectivity index (χ1) is 6.86. The van der Waals surface area contributed by atoms with Crippen molar-refractivity contribution < 1.29 is 0 Å². The summed E-state index contributed by atoms with van der Waals surface area (Å²) in [6.07, 6.45) is 12.4. The monoisotopic (exact) mass is 210 g/mol. The molecule has 1 fully saturated rings. The Morgan fingerprint density at radius 2 is 2.00 bits per heavy atom. The molecular formula is C11H18N2S. The fraction of sp³-hybridized carbons (Fsp3) is 0.727. The van der Waals surface area contributed by atoms with Gasteiger partial charge in [-0.05, 0) is 31.0 Å².